The van der Waals surface area contributed by atoms with Crippen LogP contribution in [0.2, 0.25) is 0 Å². The topological polar surface area (TPSA) is 12.0 Å². The second kappa shape index (κ2) is 9.99. The molecule has 1 heterocycles. The van der Waals surface area contributed by atoms with Gasteiger partial charge in [-0.05, 0) is 25.9 Å². The molecule has 0 aromatic heterocycles. The van der Waals surface area contributed by atoms with E-state index >= 15 is 0 Å². The summed E-state index contributed by atoms with van der Waals surface area (Å²) in [6.07, 6.45) is 7.29. The van der Waals surface area contributed by atoms with Crippen molar-refractivity contribution >= 4 is 11.6 Å². The van der Waals surface area contributed by atoms with Crippen molar-refractivity contribution in [3.63, 3.8) is 0 Å². The zero-order chi connectivity index (χ0) is 8.36. The Morgan fingerprint density at radius 1 is 1.18 bits per heavy atom. The maximum Gasteiger partial charge on any atom is 0.0401 e. The van der Waals surface area contributed by atoms with Crippen molar-refractivity contribution in [2.24, 2.45) is 0 Å². The molecule has 0 spiro atoms. The predicted octanol–water partition coefficient (Wildman–Crippen LogP) is 2.56. The normalized spacial score (nSPS) is 17.5. The highest BCUT2D eigenvalue weighted by atomic mass is 35.5. The van der Waals surface area contributed by atoms with Gasteiger partial charge in [-0.15, -0.1) is 18.2 Å². The van der Waals surface area contributed by atoms with Crippen LogP contribution in [0.1, 0.15) is 25.7 Å². The Labute approximate surface area is 74.8 Å². The van der Waals surface area contributed by atoms with E-state index in [9.17, 15) is 0 Å². The van der Waals surface area contributed by atoms with Crippen LogP contribution in [0.15, 0.2) is 12.7 Å². The van der Waals surface area contributed by atoms with Crippen LogP contribution < -0.4 is 5.32 Å². The fraction of sp³-hybridized carbons (Fsp3) is 0.778. The molecule has 1 nitrogen and oxygen atoms in total. The second-order valence-corrected chi connectivity index (χ2v) is 2.92. The average Bonchev–Trinajstić information content (AvgIpc) is 2.35. The first-order valence-corrected chi connectivity index (χ1v) is 4.83. The van der Waals surface area contributed by atoms with Gasteiger partial charge in [-0.25, -0.2) is 0 Å². The summed E-state index contributed by atoms with van der Waals surface area (Å²) >= 11 is 5.07. The zero-order valence-electron chi connectivity index (χ0n) is 7.11. The van der Waals surface area contributed by atoms with Gasteiger partial charge < -0.3 is 5.32 Å². The van der Waals surface area contributed by atoms with Crippen LogP contribution >= 0.6 is 11.6 Å². The first kappa shape index (κ1) is 11.0. The summed E-state index contributed by atoms with van der Waals surface area (Å²) in [5, 5.41) is 3.35. The Morgan fingerprint density at radius 3 is 2.00 bits per heavy atom. The average molecular weight is 176 g/mol. The van der Waals surface area contributed by atoms with Gasteiger partial charge in [0, 0.05) is 5.88 Å². The molecule has 2 heteroatoms. The number of rotatable bonds is 1. The molecule has 0 saturated carbocycles. The molecule has 1 N–H and O–H groups in total. The predicted molar refractivity (Wildman–Crippen MR) is 52.3 cm³/mol. The third kappa shape index (κ3) is 9.99. The fourth-order valence-corrected chi connectivity index (χ4v) is 0.979. The quantitative estimate of drug-likeness (QED) is 0.477. The highest BCUT2D eigenvalue weighted by Gasteiger charge is 1.94. The lowest BCUT2D eigenvalue weighted by Gasteiger charge is -1.91. The lowest BCUT2D eigenvalue weighted by molar-refractivity contribution is 0.702. The van der Waals surface area contributed by atoms with E-state index < -0.39 is 0 Å². The van der Waals surface area contributed by atoms with E-state index in [0.717, 1.165) is 0 Å². The van der Waals surface area contributed by atoms with E-state index in [1.54, 1.807) is 6.08 Å². The fourth-order valence-electron chi connectivity index (χ4n) is 0.979. The first-order chi connectivity index (χ1) is 5.41. The van der Waals surface area contributed by atoms with Crippen molar-refractivity contribution in [3.8, 4) is 0 Å². The van der Waals surface area contributed by atoms with Gasteiger partial charge >= 0.3 is 0 Å². The van der Waals surface area contributed by atoms with E-state index in [1.165, 1.54) is 38.8 Å². The Hall–Kier alpha value is -0.0100. The molecule has 0 bridgehead atoms. The molecule has 11 heavy (non-hydrogen) atoms. The lowest BCUT2D eigenvalue weighted by atomic mass is 10.2. The van der Waals surface area contributed by atoms with Crippen LogP contribution in [0.3, 0.4) is 0 Å². The zero-order valence-corrected chi connectivity index (χ0v) is 7.87. The van der Waals surface area contributed by atoms with Crippen LogP contribution in [-0.4, -0.2) is 19.0 Å². The molecule has 0 amide bonds. The molecule has 0 atom stereocenters. The van der Waals surface area contributed by atoms with Crippen LogP contribution in [0, 0.1) is 0 Å². The summed E-state index contributed by atoms with van der Waals surface area (Å²) in [6, 6.07) is 0. The van der Waals surface area contributed by atoms with Gasteiger partial charge in [0.15, 0.2) is 0 Å². The van der Waals surface area contributed by atoms with Gasteiger partial charge in [-0.1, -0.05) is 18.9 Å². The number of hydrogen-bond donors (Lipinski definition) is 1. The summed E-state index contributed by atoms with van der Waals surface area (Å²) in [4.78, 5) is 0. The minimum absolute atomic E-state index is 0.556. The molecule has 0 aliphatic carbocycles. The Morgan fingerprint density at radius 2 is 1.64 bits per heavy atom. The van der Waals surface area contributed by atoms with E-state index in [0.29, 0.717) is 5.88 Å². The Balaban J connectivity index is 0.000000218. The number of alkyl halides is 1. The highest BCUT2D eigenvalue weighted by molar-refractivity contribution is 6.18. The van der Waals surface area contributed by atoms with Crippen LogP contribution in [0.5, 0.6) is 0 Å². The number of nitrogens with one attached hydrogen (secondary N) is 1. The lowest BCUT2D eigenvalue weighted by Crippen LogP contribution is -2.12. The van der Waals surface area contributed by atoms with Crippen molar-refractivity contribution < 1.29 is 0 Å². The van der Waals surface area contributed by atoms with E-state index in [4.69, 9.17) is 11.6 Å². The number of hydrogen-bond acceptors (Lipinski definition) is 1. The standard InChI is InChI=1S/C6H13N.C3H5Cl/c1-2-4-6-7-5-3-1;1-2-3-4/h7H,1-6H2;2H,1,3H2. The molecule has 0 radical (unpaired) electrons. The Bertz CT molecular complexity index is 64.0. The molecular weight excluding hydrogens is 158 g/mol. The van der Waals surface area contributed by atoms with Crippen LogP contribution in [0.25, 0.3) is 0 Å². The second-order valence-electron chi connectivity index (χ2n) is 2.61. The van der Waals surface area contributed by atoms with Gasteiger partial charge in [0.2, 0.25) is 0 Å². The molecule has 1 rings (SSSR count). The van der Waals surface area contributed by atoms with Crippen molar-refractivity contribution in [2.75, 3.05) is 19.0 Å². The van der Waals surface area contributed by atoms with Crippen LogP contribution in [-0.2, 0) is 0 Å². The van der Waals surface area contributed by atoms with Crippen molar-refractivity contribution in [1.29, 1.82) is 0 Å². The molecule has 1 saturated heterocycles. The summed E-state index contributed by atoms with van der Waals surface area (Å²) in [5.41, 5.74) is 0. The monoisotopic (exact) mass is 175 g/mol. The molecule has 0 aromatic carbocycles. The third-order valence-electron chi connectivity index (χ3n) is 1.57. The van der Waals surface area contributed by atoms with Gasteiger partial charge in [0.05, 0.1) is 0 Å². The van der Waals surface area contributed by atoms with Crippen molar-refractivity contribution in [2.45, 2.75) is 25.7 Å². The van der Waals surface area contributed by atoms with Crippen LogP contribution in [0.4, 0.5) is 0 Å². The SMILES string of the molecule is C1CCCNCC1.C=CCCl. The maximum absolute atomic E-state index is 5.07. The first-order valence-electron chi connectivity index (χ1n) is 4.29. The third-order valence-corrected chi connectivity index (χ3v) is 1.78. The van der Waals surface area contributed by atoms with Gasteiger partial charge in [-0.3, -0.25) is 0 Å². The van der Waals surface area contributed by atoms with E-state index in [-0.39, 0.29) is 0 Å². The molecule has 0 unspecified atom stereocenters. The van der Waals surface area contributed by atoms with Crippen molar-refractivity contribution in [1.82, 2.24) is 5.32 Å². The molecular formula is C9H18ClN. The van der Waals surface area contributed by atoms with E-state index in [2.05, 4.69) is 11.9 Å². The minimum Gasteiger partial charge on any atom is -0.317 e. The number of allylic oxidation sites excluding steroid dienone is 1. The largest absolute Gasteiger partial charge is 0.317 e. The summed E-state index contributed by atoms with van der Waals surface area (Å²) in [5.74, 6) is 0.556. The maximum atomic E-state index is 5.07. The Kier molecular flexibility index (Phi) is 9.98. The highest BCUT2D eigenvalue weighted by Crippen LogP contribution is 2.00. The molecule has 1 fully saturated rings. The molecule has 1 aliphatic rings. The minimum atomic E-state index is 0.556. The molecule has 66 valence electrons. The molecule has 0 aromatic rings. The number of halogens is 1. The van der Waals surface area contributed by atoms with Gasteiger partial charge in [-0.2, -0.15) is 0 Å². The summed E-state index contributed by atoms with van der Waals surface area (Å²) in [7, 11) is 0. The van der Waals surface area contributed by atoms with Gasteiger partial charge in [0.1, 0.15) is 0 Å². The summed E-state index contributed by atoms with van der Waals surface area (Å²) in [6.45, 7) is 5.85. The van der Waals surface area contributed by atoms with E-state index in [1.807, 2.05) is 0 Å². The molecule has 1 aliphatic heterocycles. The van der Waals surface area contributed by atoms with Crippen molar-refractivity contribution in [3.05, 3.63) is 12.7 Å². The smallest absolute Gasteiger partial charge is 0.0401 e. The summed E-state index contributed by atoms with van der Waals surface area (Å²) < 4.78 is 0. The van der Waals surface area contributed by atoms with Gasteiger partial charge in [0.25, 0.3) is 0 Å².